The van der Waals surface area contributed by atoms with Gasteiger partial charge in [0.05, 0.1) is 0 Å². The molecule has 8 heteroatoms. The SMILES string of the molecule is NC1CN(C(=O)c2ccc(F)c(F)c2[As]c2ccc(I)cc2F)C1. The summed E-state index contributed by atoms with van der Waals surface area (Å²) in [5.41, 5.74) is 5.74. The second-order valence-corrected chi connectivity index (χ2v) is 9.10. The fourth-order valence-corrected chi connectivity index (χ4v) is 5.03. The van der Waals surface area contributed by atoms with Crippen LogP contribution in [-0.2, 0) is 0 Å². The molecule has 24 heavy (non-hydrogen) atoms. The number of amides is 1. The van der Waals surface area contributed by atoms with Crippen LogP contribution in [0.4, 0.5) is 13.2 Å². The van der Waals surface area contributed by atoms with Crippen LogP contribution in [0.5, 0.6) is 0 Å². The molecule has 0 bridgehead atoms. The molecule has 1 radical (unpaired) electrons. The Hall–Kier alpha value is -1.05. The third-order valence-electron chi connectivity index (χ3n) is 3.64. The van der Waals surface area contributed by atoms with Gasteiger partial charge in [-0.1, -0.05) is 0 Å². The van der Waals surface area contributed by atoms with Crippen molar-refractivity contribution in [1.29, 1.82) is 0 Å². The van der Waals surface area contributed by atoms with Crippen LogP contribution in [0.3, 0.4) is 0 Å². The number of halogens is 4. The molecule has 1 aliphatic heterocycles. The van der Waals surface area contributed by atoms with Crippen molar-refractivity contribution < 1.29 is 18.0 Å². The number of nitrogens with two attached hydrogens (primary N) is 1. The van der Waals surface area contributed by atoms with Crippen molar-refractivity contribution in [2.24, 2.45) is 5.73 Å². The molecule has 2 aromatic carbocycles. The van der Waals surface area contributed by atoms with Crippen LogP contribution in [0.1, 0.15) is 10.4 Å². The van der Waals surface area contributed by atoms with E-state index in [0.29, 0.717) is 21.0 Å². The van der Waals surface area contributed by atoms with E-state index in [-0.39, 0.29) is 16.0 Å². The van der Waals surface area contributed by atoms with Crippen molar-refractivity contribution in [3.8, 4) is 0 Å². The predicted octanol–water partition coefficient (Wildman–Crippen LogP) is 1.15. The topological polar surface area (TPSA) is 46.3 Å². The molecule has 0 atom stereocenters. The zero-order valence-corrected chi connectivity index (χ0v) is 16.3. The zero-order chi connectivity index (χ0) is 17.4. The van der Waals surface area contributed by atoms with Crippen LogP contribution in [0.25, 0.3) is 0 Å². The molecule has 1 aliphatic rings. The summed E-state index contributed by atoms with van der Waals surface area (Å²) >= 11 is 0.755. The Morgan fingerprint density at radius 2 is 1.88 bits per heavy atom. The fraction of sp³-hybridized carbons (Fsp3) is 0.188. The van der Waals surface area contributed by atoms with Crippen LogP contribution >= 0.6 is 22.6 Å². The molecule has 3 rings (SSSR count). The van der Waals surface area contributed by atoms with Gasteiger partial charge in [0.2, 0.25) is 0 Å². The van der Waals surface area contributed by atoms with Crippen LogP contribution in [0.15, 0.2) is 30.3 Å². The van der Waals surface area contributed by atoms with Gasteiger partial charge >= 0.3 is 158 Å². The molecule has 125 valence electrons. The summed E-state index contributed by atoms with van der Waals surface area (Å²) in [6.45, 7) is 0.761. The van der Waals surface area contributed by atoms with Gasteiger partial charge in [-0.15, -0.1) is 0 Å². The summed E-state index contributed by atoms with van der Waals surface area (Å²) in [7, 11) is 0. The normalized spacial score (nSPS) is 15.1. The summed E-state index contributed by atoms with van der Waals surface area (Å²) in [5.74, 6) is -2.99. The van der Waals surface area contributed by atoms with Crippen LogP contribution in [0, 0.1) is 21.0 Å². The third-order valence-corrected chi connectivity index (χ3v) is 6.96. The Bertz CT molecular complexity index is 812. The Kier molecular flexibility index (Phi) is 5.22. The van der Waals surface area contributed by atoms with Gasteiger partial charge in [0.15, 0.2) is 0 Å². The number of nitrogens with zero attached hydrogens (tertiary/aromatic N) is 1. The molecule has 0 saturated carbocycles. The molecule has 1 fully saturated rings. The predicted molar refractivity (Wildman–Crippen MR) is 94.4 cm³/mol. The van der Waals surface area contributed by atoms with E-state index in [2.05, 4.69) is 0 Å². The molecule has 3 nitrogen and oxygen atoms in total. The van der Waals surface area contributed by atoms with Gasteiger partial charge in [-0.2, -0.15) is 0 Å². The van der Waals surface area contributed by atoms with Crippen LogP contribution in [0.2, 0.25) is 0 Å². The molecule has 0 unspecified atom stereocenters. The maximum absolute atomic E-state index is 14.3. The number of likely N-dealkylation sites (tertiary alicyclic amines) is 1. The van der Waals surface area contributed by atoms with E-state index in [1.807, 2.05) is 22.6 Å². The molecule has 0 aromatic heterocycles. The van der Waals surface area contributed by atoms with Gasteiger partial charge in [0.25, 0.3) is 0 Å². The quantitative estimate of drug-likeness (QED) is 0.501. The number of hydrogen-bond donors (Lipinski definition) is 1. The van der Waals surface area contributed by atoms with E-state index < -0.39 is 39.1 Å². The van der Waals surface area contributed by atoms with Crippen molar-refractivity contribution in [3.63, 3.8) is 0 Å². The van der Waals surface area contributed by atoms with Crippen molar-refractivity contribution >= 4 is 53.0 Å². The minimum atomic E-state index is -1.21. The first-order valence-electron chi connectivity index (χ1n) is 7.06. The number of carbonyl (C=O) groups is 1. The van der Waals surface area contributed by atoms with Gasteiger partial charge in [-0.05, 0) is 0 Å². The first-order valence-corrected chi connectivity index (χ1v) is 10.0. The zero-order valence-electron chi connectivity index (χ0n) is 12.3. The van der Waals surface area contributed by atoms with E-state index in [0.717, 1.165) is 6.07 Å². The van der Waals surface area contributed by atoms with Crippen molar-refractivity contribution in [2.75, 3.05) is 13.1 Å². The Morgan fingerprint density at radius 3 is 2.50 bits per heavy atom. The molecule has 1 heterocycles. The summed E-state index contributed by atoms with van der Waals surface area (Å²) in [6.07, 6.45) is 0. The second kappa shape index (κ2) is 7.06. The Balaban J connectivity index is 1.99. The monoisotopic (exact) mass is 507 g/mol. The van der Waals surface area contributed by atoms with Gasteiger partial charge in [-0.25, -0.2) is 0 Å². The molecular weight excluding hydrogens is 495 g/mol. The molecule has 1 amide bonds. The molecule has 2 N–H and O–H groups in total. The average Bonchev–Trinajstić information content (AvgIpc) is 2.50. The molecule has 2 aromatic rings. The number of rotatable bonds is 3. The molecular formula is C16H12AsF3IN2O. The van der Waals surface area contributed by atoms with Gasteiger partial charge < -0.3 is 0 Å². The van der Waals surface area contributed by atoms with Crippen molar-refractivity contribution in [2.45, 2.75) is 6.04 Å². The van der Waals surface area contributed by atoms with Crippen molar-refractivity contribution in [1.82, 2.24) is 4.90 Å². The van der Waals surface area contributed by atoms with Gasteiger partial charge in [0.1, 0.15) is 0 Å². The summed E-state index contributed by atoms with van der Waals surface area (Å²) < 4.78 is 43.0. The van der Waals surface area contributed by atoms with E-state index in [1.165, 1.54) is 17.0 Å². The van der Waals surface area contributed by atoms with Crippen LogP contribution < -0.4 is 14.4 Å². The summed E-state index contributed by atoms with van der Waals surface area (Å²) in [4.78, 5) is 14.0. The Morgan fingerprint density at radius 1 is 1.17 bits per heavy atom. The van der Waals surface area contributed by atoms with E-state index in [9.17, 15) is 18.0 Å². The second-order valence-electron chi connectivity index (χ2n) is 5.44. The van der Waals surface area contributed by atoms with Crippen molar-refractivity contribution in [3.05, 3.63) is 56.9 Å². The number of carbonyl (C=O) groups excluding carboxylic acids is 1. The van der Waals surface area contributed by atoms with Crippen LogP contribution in [-0.4, -0.2) is 45.7 Å². The number of benzene rings is 2. The summed E-state index contributed by atoms with van der Waals surface area (Å²) in [6, 6.07) is 6.68. The van der Waals surface area contributed by atoms with E-state index in [4.69, 9.17) is 5.73 Å². The molecule has 0 aliphatic carbocycles. The first-order chi connectivity index (χ1) is 11.4. The first kappa shape index (κ1) is 17.8. The van der Waals surface area contributed by atoms with Gasteiger partial charge in [-0.3, -0.25) is 0 Å². The van der Waals surface area contributed by atoms with E-state index >= 15 is 0 Å². The standard InChI is InChI=1S/C16H12AsF3IN2O/c18-12-4-2-10(16(24)23-6-9(22)7-23)14(15(12)20)17-11-3-1-8(21)5-13(11)19/h1-5,9H,6-7,22H2. The van der Waals surface area contributed by atoms with E-state index in [1.54, 1.807) is 12.1 Å². The molecule has 1 saturated heterocycles. The third kappa shape index (κ3) is 3.48. The summed E-state index contributed by atoms with van der Waals surface area (Å²) in [5, 5.41) is 0. The average molecular weight is 507 g/mol. The Labute approximate surface area is 157 Å². The minimum absolute atomic E-state index is 0.0446. The molecule has 0 spiro atoms. The number of hydrogen-bond acceptors (Lipinski definition) is 2. The van der Waals surface area contributed by atoms with Gasteiger partial charge in [0, 0.05) is 0 Å². The fourth-order valence-electron chi connectivity index (χ4n) is 2.36. The maximum atomic E-state index is 14.3.